The van der Waals surface area contributed by atoms with Crippen LogP contribution in [0.5, 0.6) is 0 Å². The molecule has 0 atom stereocenters. The molecule has 0 aliphatic heterocycles. The first-order chi connectivity index (χ1) is 11.7. The van der Waals surface area contributed by atoms with Crippen molar-refractivity contribution < 1.29 is 9.18 Å². The average Bonchev–Trinajstić information content (AvgIpc) is 2.63. The number of hydrogen-bond donors (Lipinski definition) is 2. The van der Waals surface area contributed by atoms with E-state index in [1.54, 1.807) is 36.7 Å². The van der Waals surface area contributed by atoms with Crippen LogP contribution in [0, 0.1) is 5.82 Å². The molecule has 1 amide bonds. The van der Waals surface area contributed by atoms with Gasteiger partial charge in [-0.05, 0) is 42.0 Å². The largest absolute Gasteiger partial charge is 0.347 e. The molecule has 0 bridgehead atoms. The zero-order valence-corrected chi connectivity index (χ0v) is 12.6. The summed E-state index contributed by atoms with van der Waals surface area (Å²) in [4.78, 5) is 15.9. The third kappa shape index (κ3) is 3.89. The number of benzene rings is 1. The Balaban J connectivity index is 1.61. The van der Waals surface area contributed by atoms with Crippen LogP contribution in [0.25, 0.3) is 0 Å². The Morgan fingerprint density at radius 1 is 1.00 bits per heavy atom. The number of halogens is 1. The Morgan fingerprint density at radius 3 is 2.50 bits per heavy atom. The van der Waals surface area contributed by atoms with Crippen molar-refractivity contribution in [2.24, 2.45) is 0 Å². The first-order valence-electron chi connectivity index (χ1n) is 7.25. The number of rotatable bonds is 5. The lowest BCUT2D eigenvalue weighted by molar-refractivity contribution is 0.0945. The van der Waals surface area contributed by atoms with E-state index in [1.165, 1.54) is 12.1 Å². The molecule has 24 heavy (non-hydrogen) atoms. The van der Waals surface area contributed by atoms with Gasteiger partial charge in [0.25, 0.3) is 5.91 Å². The lowest BCUT2D eigenvalue weighted by atomic mass is 10.2. The fraction of sp³-hybridized carbons (Fsp3) is 0.0588. The first kappa shape index (κ1) is 15.5. The molecular formula is C17H14FN5O. The van der Waals surface area contributed by atoms with Gasteiger partial charge >= 0.3 is 0 Å². The zero-order valence-electron chi connectivity index (χ0n) is 12.6. The smallest absolute Gasteiger partial charge is 0.272 e. The zero-order chi connectivity index (χ0) is 16.8. The highest BCUT2D eigenvalue weighted by molar-refractivity contribution is 5.92. The van der Waals surface area contributed by atoms with Crippen LogP contribution in [0.4, 0.5) is 15.9 Å². The van der Waals surface area contributed by atoms with E-state index in [2.05, 4.69) is 25.8 Å². The van der Waals surface area contributed by atoms with E-state index in [1.807, 2.05) is 12.1 Å². The predicted molar refractivity (Wildman–Crippen MR) is 87.1 cm³/mol. The fourth-order valence-electron chi connectivity index (χ4n) is 1.99. The quantitative estimate of drug-likeness (QED) is 0.754. The van der Waals surface area contributed by atoms with Crippen molar-refractivity contribution in [2.45, 2.75) is 6.54 Å². The summed E-state index contributed by atoms with van der Waals surface area (Å²) in [6.07, 6.45) is 3.31. The molecule has 2 aromatic heterocycles. The first-order valence-corrected chi connectivity index (χ1v) is 7.25. The van der Waals surface area contributed by atoms with Gasteiger partial charge in [-0.2, -0.15) is 0 Å². The number of carbonyl (C=O) groups excluding carboxylic acids is 1. The molecule has 2 heterocycles. The minimum absolute atomic E-state index is 0.183. The second-order valence-corrected chi connectivity index (χ2v) is 4.95. The maximum atomic E-state index is 13.6. The van der Waals surface area contributed by atoms with Crippen LogP contribution in [0.3, 0.4) is 0 Å². The maximum absolute atomic E-state index is 13.6. The molecule has 0 fully saturated rings. The molecule has 1 aromatic carbocycles. The molecule has 2 N–H and O–H groups in total. The van der Waals surface area contributed by atoms with E-state index in [0.717, 1.165) is 5.56 Å². The van der Waals surface area contributed by atoms with Gasteiger partial charge in [0.05, 0.1) is 5.69 Å². The molecule has 0 unspecified atom stereocenters. The molecule has 6 nitrogen and oxygen atoms in total. The molecule has 0 spiro atoms. The van der Waals surface area contributed by atoms with Crippen LogP contribution in [-0.4, -0.2) is 21.1 Å². The van der Waals surface area contributed by atoms with Crippen molar-refractivity contribution in [3.63, 3.8) is 0 Å². The molecule has 7 heteroatoms. The number of hydrogen-bond acceptors (Lipinski definition) is 5. The Kier molecular flexibility index (Phi) is 4.71. The van der Waals surface area contributed by atoms with Gasteiger partial charge in [0, 0.05) is 18.9 Å². The Hall–Kier alpha value is -3.35. The van der Waals surface area contributed by atoms with Crippen LogP contribution in [-0.2, 0) is 6.54 Å². The van der Waals surface area contributed by atoms with E-state index in [4.69, 9.17) is 0 Å². The maximum Gasteiger partial charge on any atom is 0.272 e. The summed E-state index contributed by atoms with van der Waals surface area (Å²) in [5.41, 5.74) is 1.41. The van der Waals surface area contributed by atoms with E-state index in [9.17, 15) is 9.18 Å². The van der Waals surface area contributed by atoms with E-state index >= 15 is 0 Å². The minimum atomic E-state index is -0.390. The van der Waals surface area contributed by atoms with Gasteiger partial charge in [-0.25, -0.2) is 4.39 Å². The Morgan fingerprint density at radius 2 is 1.79 bits per heavy atom. The molecule has 0 aliphatic carbocycles. The Bertz CT molecular complexity index is 824. The summed E-state index contributed by atoms with van der Waals surface area (Å²) in [7, 11) is 0. The lowest BCUT2D eigenvalue weighted by Gasteiger charge is -2.07. The van der Waals surface area contributed by atoms with Crippen molar-refractivity contribution in [1.29, 1.82) is 0 Å². The third-order valence-electron chi connectivity index (χ3n) is 3.24. The van der Waals surface area contributed by atoms with Crippen LogP contribution < -0.4 is 10.6 Å². The molecular weight excluding hydrogens is 309 g/mol. The molecule has 0 saturated carbocycles. The molecule has 3 aromatic rings. The van der Waals surface area contributed by atoms with Crippen molar-refractivity contribution >= 4 is 17.4 Å². The molecule has 0 saturated heterocycles. The molecule has 3 rings (SSSR count). The highest BCUT2D eigenvalue weighted by atomic mass is 19.1. The van der Waals surface area contributed by atoms with Gasteiger partial charge < -0.3 is 10.6 Å². The molecule has 120 valence electrons. The summed E-state index contributed by atoms with van der Waals surface area (Å²) in [6.45, 7) is 0.373. The van der Waals surface area contributed by atoms with Crippen molar-refractivity contribution in [3.8, 4) is 0 Å². The highest BCUT2D eigenvalue weighted by Crippen LogP contribution is 2.17. The van der Waals surface area contributed by atoms with Crippen molar-refractivity contribution in [1.82, 2.24) is 20.5 Å². The van der Waals surface area contributed by atoms with E-state index < -0.39 is 5.82 Å². The number of nitrogens with zero attached hydrogens (tertiary/aromatic N) is 3. The van der Waals surface area contributed by atoms with Gasteiger partial charge in [0.1, 0.15) is 5.82 Å². The monoisotopic (exact) mass is 323 g/mol. The summed E-state index contributed by atoms with van der Waals surface area (Å²) >= 11 is 0. The normalized spacial score (nSPS) is 10.2. The number of amides is 1. The van der Waals surface area contributed by atoms with Gasteiger partial charge in [0.15, 0.2) is 11.5 Å². The minimum Gasteiger partial charge on any atom is -0.347 e. The fourth-order valence-corrected chi connectivity index (χ4v) is 1.99. The third-order valence-corrected chi connectivity index (χ3v) is 3.24. The van der Waals surface area contributed by atoms with Gasteiger partial charge in [-0.1, -0.05) is 12.1 Å². The van der Waals surface area contributed by atoms with Gasteiger partial charge in [-0.15, -0.1) is 10.2 Å². The predicted octanol–water partition coefficient (Wildman–Crippen LogP) is 2.68. The van der Waals surface area contributed by atoms with Crippen LogP contribution in [0.15, 0.2) is 60.9 Å². The molecule has 0 radical (unpaired) electrons. The average molecular weight is 323 g/mol. The number of carbonyl (C=O) groups is 1. The topological polar surface area (TPSA) is 79.8 Å². The van der Waals surface area contributed by atoms with Gasteiger partial charge in [0.2, 0.25) is 0 Å². The van der Waals surface area contributed by atoms with Crippen molar-refractivity contribution in [3.05, 3.63) is 78.0 Å². The summed E-state index contributed by atoms with van der Waals surface area (Å²) < 4.78 is 13.6. The number of para-hydroxylation sites is 1. The lowest BCUT2D eigenvalue weighted by Crippen LogP contribution is -2.24. The number of nitrogens with one attached hydrogen (secondary N) is 2. The second kappa shape index (κ2) is 7.28. The summed E-state index contributed by atoms with van der Waals surface area (Å²) in [6, 6.07) is 13.0. The summed E-state index contributed by atoms with van der Waals surface area (Å²) in [5, 5.41) is 13.3. The number of pyridine rings is 1. The number of aromatic nitrogens is 3. The number of anilines is 2. The van der Waals surface area contributed by atoms with Crippen LogP contribution in [0.1, 0.15) is 16.1 Å². The van der Waals surface area contributed by atoms with Crippen LogP contribution >= 0.6 is 0 Å². The second-order valence-electron chi connectivity index (χ2n) is 4.95. The van der Waals surface area contributed by atoms with Crippen molar-refractivity contribution in [2.75, 3.05) is 5.32 Å². The van der Waals surface area contributed by atoms with Gasteiger partial charge in [-0.3, -0.25) is 9.78 Å². The van der Waals surface area contributed by atoms with E-state index in [0.29, 0.717) is 18.1 Å². The highest BCUT2D eigenvalue weighted by Gasteiger charge is 2.09. The van der Waals surface area contributed by atoms with E-state index in [-0.39, 0.29) is 11.6 Å². The Labute approximate surface area is 137 Å². The van der Waals surface area contributed by atoms with Crippen LogP contribution in [0.2, 0.25) is 0 Å². The standard InChI is InChI=1S/C17H14FN5O/c18-13-3-1-2-4-14(13)21-16-6-5-15(22-23-16)17(24)20-11-12-7-9-19-10-8-12/h1-10H,11H2,(H,20,24)(H,21,23). The molecule has 0 aliphatic rings. The SMILES string of the molecule is O=C(NCc1ccncc1)c1ccc(Nc2ccccc2F)nn1. The summed E-state index contributed by atoms with van der Waals surface area (Å²) in [5.74, 6) is -0.374.